The van der Waals surface area contributed by atoms with Crippen LogP contribution in [0.15, 0.2) is 79.3 Å². The molecule has 142 valence electrons. The average molecular weight is 381 g/mol. The molecule has 29 heavy (non-hydrogen) atoms. The van der Waals surface area contributed by atoms with Crippen LogP contribution < -0.4 is 10.2 Å². The standard InChI is InChI=1S/C23H19N5O/c1-27-15-18(13-25-27)17-9-10-20-19(12-17)23(29)28(14-16-6-3-2-4-7-16)22-21(26-20)8-5-11-24-22/h2-13,15,26H,14H2,1H3. The van der Waals surface area contributed by atoms with Crippen molar-refractivity contribution < 1.29 is 4.79 Å². The largest absolute Gasteiger partial charge is 0.352 e. The van der Waals surface area contributed by atoms with Crippen molar-refractivity contribution in [3.63, 3.8) is 0 Å². The number of carbonyl (C=O) groups excluding carboxylic acids is 1. The van der Waals surface area contributed by atoms with Gasteiger partial charge in [0, 0.05) is 25.0 Å². The van der Waals surface area contributed by atoms with Gasteiger partial charge in [-0.05, 0) is 35.4 Å². The minimum atomic E-state index is -0.0838. The third-order valence-electron chi connectivity index (χ3n) is 5.03. The van der Waals surface area contributed by atoms with Crippen LogP contribution in [0.5, 0.6) is 0 Å². The van der Waals surface area contributed by atoms with E-state index in [-0.39, 0.29) is 5.91 Å². The van der Waals surface area contributed by atoms with Crippen LogP contribution in [-0.4, -0.2) is 20.7 Å². The molecule has 2 aromatic heterocycles. The van der Waals surface area contributed by atoms with Gasteiger partial charge in [-0.3, -0.25) is 14.4 Å². The second-order valence-electron chi connectivity index (χ2n) is 7.04. The number of pyridine rings is 1. The van der Waals surface area contributed by atoms with E-state index in [1.807, 2.05) is 73.9 Å². The zero-order valence-electron chi connectivity index (χ0n) is 15.9. The second kappa shape index (κ2) is 6.91. The summed E-state index contributed by atoms with van der Waals surface area (Å²) in [5.41, 5.74) is 5.16. The van der Waals surface area contributed by atoms with Crippen LogP contribution in [0.4, 0.5) is 17.2 Å². The molecule has 6 nitrogen and oxygen atoms in total. The topological polar surface area (TPSA) is 63.1 Å². The van der Waals surface area contributed by atoms with Crippen LogP contribution in [0.1, 0.15) is 15.9 Å². The zero-order chi connectivity index (χ0) is 19.8. The molecule has 0 saturated carbocycles. The van der Waals surface area contributed by atoms with Crippen molar-refractivity contribution in [2.24, 2.45) is 7.05 Å². The highest BCUT2D eigenvalue weighted by atomic mass is 16.2. The number of rotatable bonds is 3. The lowest BCUT2D eigenvalue weighted by molar-refractivity contribution is 0.0986. The van der Waals surface area contributed by atoms with Crippen LogP contribution in [0.25, 0.3) is 11.1 Å². The Hall–Kier alpha value is -3.93. The molecule has 2 aromatic carbocycles. The molecule has 0 aliphatic carbocycles. The Bertz CT molecular complexity index is 1200. The smallest absolute Gasteiger partial charge is 0.261 e. The molecular weight excluding hydrogens is 362 g/mol. The molecule has 0 saturated heterocycles. The monoisotopic (exact) mass is 381 g/mol. The average Bonchev–Trinajstić information content (AvgIpc) is 3.15. The van der Waals surface area contributed by atoms with E-state index in [0.29, 0.717) is 17.9 Å². The van der Waals surface area contributed by atoms with Gasteiger partial charge in [-0.2, -0.15) is 5.10 Å². The summed E-state index contributed by atoms with van der Waals surface area (Å²) < 4.78 is 1.75. The molecule has 5 rings (SSSR count). The van der Waals surface area contributed by atoms with Crippen LogP contribution in [-0.2, 0) is 13.6 Å². The fraction of sp³-hybridized carbons (Fsp3) is 0.0870. The van der Waals surface area contributed by atoms with Gasteiger partial charge in [0.05, 0.1) is 29.7 Å². The predicted molar refractivity (Wildman–Crippen MR) is 113 cm³/mol. The molecule has 0 unspecified atom stereocenters. The Morgan fingerprint density at radius 3 is 2.62 bits per heavy atom. The number of nitrogens with one attached hydrogen (secondary N) is 1. The molecule has 1 aliphatic rings. The normalized spacial score (nSPS) is 12.7. The molecule has 0 fully saturated rings. The molecule has 3 heterocycles. The number of benzene rings is 2. The molecule has 0 bridgehead atoms. The number of anilines is 3. The maximum Gasteiger partial charge on any atom is 0.261 e. The van der Waals surface area contributed by atoms with Gasteiger partial charge in [0.2, 0.25) is 0 Å². The molecule has 4 aromatic rings. The first-order valence-corrected chi connectivity index (χ1v) is 9.40. The number of hydrogen-bond acceptors (Lipinski definition) is 4. The highest BCUT2D eigenvalue weighted by Gasteiger charge is 2.28. The van der Waals surface area contributed by atoms with Gasteiger partial charge < -0.3 is 5.32 Å². The molecule has 0 atom stereocenters. The fourth-order valence-corrected chi connectivity index (χ4v) is 3.59. The van der Waals surface area contributed by atoms with Crippen molar-refractivity contribution in [2.75, 3.05) is 10.2 Å². The predicted octanol–water partition coefficient (Wildman–Crippen LogP) is 4.39. The number of hydrogen-bond donors (Lipinski definition) is 1. The van der Waals surface area contributed by atoms with Gasteiger partial charge in [-0.15, -0.1) is 0 Å². The van der Waals surface area contributed by atoms with Crippen LogP contribution in [0, 0.1) is 0 Å². The Kier molecular flexibility index (Phi) is 4.09. The van der Waals surface area contributed by atoms with Crippen molar-refractivity contribution in [2.45, 2.75) is 6.54 Å². The number of nitrogens with zero attached hydrogens (tertiary/aromatic N) is 4. The summed E-state index contributed by atoms with van der Waals surface area (Å²) in [6, 6.07) is 19.6. The summed E-state index contributed by atoms with van der Waals surface area (Å²) in [7, 11) is 1.88. The number of aromatic nitrogens is 3. The highest BCUT2D eigenvalue weighted by molar-refractivity contribution is 6.13. The number of carbonyl (C=O) groups is 1. The van der Waals surface area contributed by atoms with E-state index >= 15 is 0 Å². The fourth-order valence-electron chi connectivity index (χ4n) is 3.59. The van der Waals surface area contributed by atoms with E-state index in [9.17, 15) is 4.79 Å². The quantitative estimate of drug-likeness (QED) is 0.572. The van der Waals surface area contributed by atoms with Gasteiger partial charge >= 0.3 is 0 Å². The summed E-state index contributed by atoms with van der Waals surface area (Å²) in [6.45, 7) is 0.446. The Labute approximate surface area is 168 Å². The van der Waals surface area contributed by atoms with E-state index in [2.05, 4.69) is 15.4 Å². The molecule has 1 aliphatic heterocycles. The summed E-state index contributed by atoms with van der Waals surface area (Å²) in [6.07, 6.45) is 5.45. The van der Waals surface area contributed by atoms with E-state index in [4.69, 9.17) is 0 Å². The molecular formula is C23H19N5O. The summed E-state index contributed by atoms with van der Waals surface area (Å²) in [5, 5.41) is 7.63. The third kappa shape index (κ3) is 3.14. The van der Waals surface area contributed by atoms with E-state index in [1.54, 1.807) is 22.0 Å². The van der Waals surface area contributed by atoms with Gasteiger partial charge in [0.15, 0.2) is 5.82 Å². The van der Waals surface area contributed by atoms with Crippen LogP contribution >= 0.6 is 0 Å². The SMILES string of the molecule is Cn1cc(-c2ccc3c(c2)C(=O)N(Cc2ccccc2)c2ncccc2N3)cn1. The molecule has 6 heteroatoms. The molecule has 0 radical (unpaired) electrons. The Morgan fingerprint density at radius 2 is 1.83 bits per heavy atom. The highest BCUT2D eigenvalue weighted by Crippen LogP contribution is 2.36. The maximum absolute atomic E-state index is 13.6. The summed E-state index contributed by atoms with van der Waals surface area (Å²) in [5.74, 6) is 0.542. The van der Waals surface area contributed by atoms with Crippen LogP contribution in [0.3, 0.4) is 0 Å². The van der Waals surface area contributed by atoms with E-state index in [1.165, 1.54) is 0 Å². The molecule has 0 spiro atoms. The van der Waals surface area contributed by atoms with Crippen molar-refractivity contribution >= 4 is 23.1 Å². The lowest BCUT2D eigenvalue weighted by Crippen LogP contribution is -2.30. The van der Waals surface area contributed by atoms with E-state index in [0.717, 1.165) is 28.1 Å². The van der Waals surface area contributed by atoms with Crippen molar-refractivity contribution in [1.29, 1.82) is 0 Å². The Morgan fingerprint density at radius 1 is 0.966 bits per heavy atom. The van der Waals surface area contributed by atoms with Crippen molar-refractivity contribution in [3.05, 3.63) is 90.4 Å². The maximum atomic E-state index is 13.6. The third-order valence-corrected chi connectivity index (χ3v) is 5.03. The van der Waals surface area contributed by atoms with Gasteiger partial charge in [-0.25, -0.2) is 4.98 Å². The number of aryl methyl sites for hydroxylation is 1. The van der Waals surface area contributed by atoms with E-state index < -0.39 is 0 Å². The van der Waals surface area contributed by atoms with Gasteiger partial charge in [0.1, 0.15) is 0 Å². The minimum Gasteiger partial charge on any atom is -0.352 e. The first-order valence-electron chi connectivity index (χ1n) is 9.40. The first kappa shape index (κ1) is 17.2. The van der Waals surface area contributed by atoms with Crippen molar-refractivity contribution in [3.8, 4) is 11.1 Å². The van der Waals surface area contributed by atoms with Gasteiger partial charge in [-0.1, -0.05) is 36.4 Å². The number of fused-ring (bicyclic) bond motifs is 2. The van der Waals surface area contributed by atoms with Crippen LogP contribution in [0.2, 0.25) is 0 Å². The van der Waals surface area contributed by atoms with Gasteiger partial charge in [0.25, 0.3) is 5.91 Å². The Balaban J connectivity index is 1.62. The second-order valence-corrected chi connectivity index (χ2v) is 7.04. The minimum absolute atomic E-state index is 0.0838. The summed E-state index contributed by atoms with van der Waals surface area (Å²) >= 11 is 0. The lowest BCUT2D eigenvalue weighted by atomic mass is 10.0. The number of amides is 1. The molecule has 1 amide bonds. The molecule has 1 N–H and O–H groups in total. The zero-order valence-corrected chi connectivity index (χ0v) is 15.9. The first-order chi connectivity index (χ1) is 14.2. The van der Waals surface area contributed by atoms with Crippen molar-refractivity contribution in [1.82, 2.24) is 14.8 Å². The summed E-state index contributed by atoms with van der Waals surface area (Å²) in [4.78, 5) is 19.9. The lowest BCUT2D eigenvalue weighted by Gasteiger charge is -2.21.